The van der Waals surface area contributed by atoms with Crippen molar-refractivity contribution in [2.24, 2.45) is 0 Å². The van der Waals surface area contributed by atoms with Gasteiger partial charge in [-0.3, -0.25) is 0 Å². The highest BCUT2D eigenvalue weighted by molar-refractivity contribution is 7.20. The molecule has 1 atom stereocenters. The van der Waals surface area contributed by atoms with Gasteiger partial charge in [-0.05, 0) is 19.1 Å². The molecule has 1 unspecified atom stereocenters. The van der Waals surface area contributed by atoms with Crippen molar-refractivity contribution in [2.45, 2.75) is 13.0 Å². The van der Waals surface area contributed by atoms with Crippen LogP contribution in [0.1, 0.15) is 12.6 Å². The maximum Gasteiger partial charge on any atom is 0.214 e. The molecule has 0 bridgehead atoms. The van der Waals surface area contributed by atoms with E-state index in [4.69, 9.17) is 21.7 Å². The van der Waals surface area contributed by atoms with Crippen LogP contribution in [0.2, 0.25) is 5.02 Å². The lowest BCUT2D eigenvalue weighted by Gasteiger charge is -2.40. The third-order valence-electron chi connectivity index (χ3n) is 5.13. The third-order valence-corrected chi connectivity index (χ3v) is 6.34. The van der Waals surface area contributed by atoms with E-state index in [2.05, 4.69) is 32.8 Å². The van der Waals surface area contributed by atoms with Crippen molar-refractivity contribution in [1.29, 1.82) is 5.26 Å². The van der Waals surface area contributed by atoms with Crippen molar-refractivity contribution in [1.82, 2.24) is 24.6 Å². The number of rotatable bonds is 3. The van der Waals surface area contributed by atoms with Gasteiger partial charge in [0.1, 0.15) is 6.07 Å². The van der Waals surface area contributed by atoms with Crippen LogP contribution in [-0.2, 0) is 0 Å². The molecule has 4 aromatic rings. The molecule has 150 valence electrons. The van der Waals surface area contributed by atoms with E-state index in [-0.39, 0.29) is 6.04 Å². The van der Waals surface area contributed by atoms with Gasteiger partial charge >= 0.3 is 0 Å². The molecular weight excluding hydrogens is 420 g/mol. The smallest absolute Gasteiger partial charge is 0.214 e. The highest BCUT2D eigenvalue weighted by Gasteiger charge is 2.28. The van der Waals surface area contributed by atoms with Crippen LogP contribution >= 0.6 is 22.9 Å². The SMILES string of the molecule is CC1CN(c2nccnc2C#N)CCN1c1nn2cc(-c3ccc(Cl)cc3)nc2s1. The van der Waals surface area contributed by atoms with E-state index in [9.17, 15) is 5.26 Å². The van der Waals surface area contributed by atoms with Crippen molar-refractivity contribution >= 4 is 38.8 Å². The summed E-state index contributed by atoms with van der Waals surface area (Å²) >= 11 is 7.55. The maximum absolute atomic E-state index is 9.31. The van der Waals surface area contributed by atoms with Gasteiger partial charge in [-0.15, -0.1) is 5.10 Å². The van der Waals surface area contributed by atoms with Crippen LogP contribution < -0.4 is 9.80 Å². The van der Waals surface area contributed by atoms with E-state index in [0.717, 1.165) is 41.0 Å². The average molecular weight is 437 g/mol. The van der Waals surface area contributed by atoms with Gasteiger partial charge in [0, 0.05) is 48.7 Å². The van der Waals surface area contributed by atoms with Crippen LogP contribution in [0, 0.1) is 11.3 Å². The van der Waals surface area contributed by atoms with Gasteiger partial charge in [-0.1, -0.05) is 35.1 Å². The van der Waals surface area contributed by atoms with E-state index in [1.807, 2.05) is 35.0 Å². The topological polar surface area (TPSA) is 86.2 Å². The summed E-state index contributed by atoms with van der Waals surface area (Å²) in [5, 5.41) is 15.7. The van der Waals surface area contributed by atoms with Gasteiger partial charge in [0.15, 0.2) is 11.5 Å². The quantitative estimate of drug-likeness (QED) is 0.485. The van der Waals surface area contributed by atoms with Crippen LogP contribution in [0.4, 0.5) is 10.9 Å². The summed E-state index contributed by atoms with van der Waals surface area (Å²) in [7, 11) is 0. The molecule has 1 aromatic carbocycles. The second kappa shape index (κ2) is 7.55. The lowest BCUT2D eigenvalue weighted by Crippen LogP contribution is -2.52. The van der Waals surface area contributed by atoms with Crippen molar-refractivity contribution in [3.05, 3.63) is 53.6 Å². The van der Waals surface area contributed by atoms with Crippen molar-refractivity contribution in [2.75, 3.05) is 29.4 Å². The first kappa shape index (κ1) is 18.8. The summed E-state index contributed by atoms with van der Waals surface area (Å²) in [5.74, 6) is 0.646. The number of nitrogens with zero attached hydrogens (tertiary/aromatic N) is 8. The van der Waals surface area contributed by atoms with Gasteiger partial charge in [-0.25, -0.2) is 19.5 Å². The molecule has 0 aliphatic carbocycles. The molecule has 30 heavy (non-hydrogen) atoms. The summed E-state index contributed by atoms with van der Waals surface area (Å²) in [4.78, 5) is 18.5. The number of halogens is 1. The number of benzene rings is 1. The lowest BCUT2D eigenvalue weighted by molar-refractivity contribution is 0.543. The van der Waals surface area contributed by atoms with Crippen LogP contribution in [0.3, 0.4) is 0 Å². The minimum atomic E-state index is 0.207. The summed E-state index contributed by atoms with van der Waals surface area (Å²) in [6, 6.07) is 9.97. The fraction of sp³-hybridized carbons (Fsp3) is 0.250. The van der Waals surface area contributed by atoms with E-state index in [1.165, 1.54) is 0 Å². The Morgan fingerprint density at radius 3 is 2.70 bits per heavy atom. The van der Waals surface area contributed by atoms with Gasteiger partial charge in [0.2, 0.25) is 10.1 Å². The van der Waals surface area contributed by atoms with Crippen molar-refractivity contribution in [3.63, 3.8) is 0 Å². The zero-order valence-corrected chi connectivity index (χ0v) is 17.7. The number of nitriles is 1. The van der Waals surface area contributed by atoms with Crippen molar-refractivity contribution < 1.29 is 0 Å². The number of hydrogen-bond donors (Lipinski definition) is 0. The highest BCUT2D eigenvalue weighted by atomic mass is 35.5. The Kier molecular flexibility index (Phi) is 4.73. The molecule has 3 aromatic heterocycles. The van der Waals surface area contributed by atoms with E-state index in [1.54, 1.807) is 23.7 Å². The zero-order chi connectivity index (χ0) is 20.7. The molecule has 0 spiro atoms. The third kappa shape index (κ3) is 3.34. The maximum atomic E-state index is 9.31. The Labute approximate surface area is 182 Å². The normalized spacial score (nSPS) is 16.8. The molecule has 8 nitrogen and oxygen atoms in total. The second-order valence-corrected chi connectivity index (χ2v) is 8.44. The Bertz CT molecular complexity index is 1210. The molecule has 1 fully saturated rings. The fourth-order valence-corrected chi connectivity index (χ4v) is 4.78. The first-order chi connectivity index (χ1) is 14.6. The van der Waals surface area contributed by atoms with Crippen molar-refractivity contribution in [3.8, 4) is 17.3 Å². The Morgan fingerprint density at radius 1 is 1.17 bits per heavy atom. The predicted octanol–water partition coefficient (Wildman–Crippen LogP) is 3.49. The summed E-state index contributed by atoms with van der Waals surface area (Å²) in [5.41, 5.74) is 2.25. The zero-order valence-electron chi connectivity index (χ0n) is 16.1. The van der Waals surface area contributed by atoms with Gasteiger partial charge in [0.05, 0.1) is 11.9 Å². The number of piperazine rings is 1. The molecule has 1 aliphatic heterocycles. The number of fused-ring (bicyclic) bond motifs is 1. The Balaban J connectivity index is 1.35. The fourth-order valence-electron chi connectivity index (χ4n) is 3.64. The van der Waals surface area contributed by atoms with Gasteiger partial charge < -0.3 is 9.80 Å². The lowest BCUT2D eigenvalue weighted by atomic mass is 10.2. The molecule has 10 heteroatoms. The van der Waals surface area contributed by atoms with E-state index in [0.29, 0.717) is 16.5 Å². The second-order valence-electron chi connectivity index (χ2n) is 7.07. The molecule has 0 radical (unpaired) electrons. The molecule has 1 aliphatic rings. The van der Waals surface area contributed by atoms with Crippen LogP contribution in [0.5, 0.6) is 0 Å². The summed E-state index contributed by atoms with van der Waals surface area (Å²) in [6.07, 6.45) is 5.12. The number of aromatic nitrogens is 5. The molecule has 0 amide bonds. The summed E-state index contributed by atoms with van der Waals surface area (Å²) < 4.78 is 1.83. The molecule has 4 heterocycles. The van der Waals surface area contributed by atoms with Crippen LogP contribution in [-0.4, -0.2) is 50.2 Å². The standard InChI is InChI=1S/C20H17ClN8S/c1-13-11-27(18-16(10-22)23-6-7-24-18)8-9-28(13)20-26-29-12-17(25-19(29)30-20)14-2-4-15(21)5-3-14/h2-7,12-13H,8-9,11H2,1H3. The average Bonchev–Trinajstić information content (AvgIpc) is 3.33. The molecule has 0 N–H and O–H groups in total. The van der Waals surface area contributed by atoms with E-state index >= 15 is 0 Å². The molecule has 5 rings (SSSR count). The van der Waals surface area contributed by atoms with E-state index < -0.39 is 0 Å². The molecule has 1 saturated heterocycles. The summed E-state index contributed by atoms with van der Waals surface area (Å²) in [6.45, 7) is 4.42. The molecular formula is C20H17ClN8S. The highest BCUT2D eigenvalue weighted by Crippen LogP contribution is 2.30. The van der Waals surface area contributed by atoms with Gasteiger partial charge in [-0.2, -0.15) is 5.26 Å². The predicted molar refractivity (Wildman–Crippen MR) is 117 cm³/mol. The van der Waals surface area contributed by atoms with Crippen LogP contribution in [0.25, 0.3) is 16.2 Å². The minimum absolute atomic E-state index is 0.207. The number of anilines is 2. The largest absolute Gasteiger partial charge is 0.350 e. The van der Waals surface area contributed by atoms with Gasteiger partial charge in [0.25, 0.3) is 0 Å². The van der Waals surface area contributed by atoms with Crippen LogP contribution in [0.15, 0.2) is 42.9 Å². The first-order valence-corrected chi connectivity index (χ1v) is 10.7. The first-order valence-electron chi connectivity index (χ1n) is 9.47. The number of hydrogen-bond acceptors (Lipinski definition) is 8. The Hall–Kier alpha value is -3.22. The molecule has 0 saturated carbocycles. The monoisotopic (exact) mass is 436 g/mol. The minimum Gasteiger partial charge on any atom is -0.350 e. The Morgan fingerprint density at radius 2 is 1.97 bits per heavy atom. The number of imidazole rings is 1.